The van der Waals surface area contributed by atoms with Crippen LogP contribution in [0.15, 0.2) is 28.8 Å². The summed E-state index contributed by atoms with van der Waals surface area (Å²) in [6, 6.07) is 5.44. The number of ether oxygens (including phenoxy) is 1. The number of rotatable bonds is 5. The van der Waals surface area contributed by atoms with Crippen LogP contribution in [0.3, 0.4) is 0 Å². The van der Waals surface area contributed by atoms with E-state index in [1.807, 2.05) is 13.8 Å². The fourth-order valence-corrected chi connectivity index (χ4v) is 1.43. The molecule has 0 bridgehead atoms. The highest BCUT2D eigenvalue weighted by Gasteiger charge is 2.18. The van der Waals surface area contributed by atoms with Gasteiger partial charge in [0.05, 0.1) is 6.04 Å². The van der Waals surface area contributed by atoms with E-state index in [2.05, 4.69) is 10.1 Å². The molecule has 2 rings (SSSR count). The Kier molecular flexibility index (Phi) is 4.11. The highest BCUT2D eigenvalue weighted by molar-refractivity contribution is 5.22. The molecule has 0 radical (unpaired) electrons. The Balaban J connectivity index is 1.95. The molecule has 0 aliphatic heterocycles. The zero-order chi connectivity index (χ0) is 13.8. The van der Waals surface area contributed by atoms with Crippen LogP contribution in [-0.2, 0) is 6.61 Å². The zero-order valence-electron chi connectivity index (χ0n) is 10.8. The molecule has 0 amide bonds. The number of nitrogens with zero attached hydrogens (tertiary/aromatic N) is 2. The van der Waals surface area contributed by atoms with Crippen LogP contribution in [0.4, 0.5) is 4.39 Å². The number of nitrogens with two attached hydrogens (primary N) is 1. The molecule has 0 saturated carbocycles. The standard InChI is InChI=1S/C13H16FN3O2/c1-8(2)12(15)13-16-11(17-19-13)7-18-10-5-3-9(14)4-6-10/h3-6,8,12H,7,15H2,1-2H3. The van der Waals surface area contributed by atoms with Crippen molar-refractivity contribution in [2.45, 2.75) is 26.5 Å². The molecular formula is C13H16FN3O2. The van der Waals surface area contributed by atoms with E-state index < -0.39 is 0 Å². The first-order chi connectivity index (χ1) is 9.06. The number of halogens is 1. The van der Waals surface area contributed by atoms with E-state index in [1.54, 1.807) is 0 Å². The minimum Gasteiger partial charge on any atom is -0.485 e. The predicted octanol–water partition coefficient (Wildman–Crippen LogP) is 2.44. The van der Waals surface area contributed by atoms with Crippen LogP contribution in [-0.4, -0.2) is 10.1 Å². The SMILES string of the molecule is CC(C)C(N)c1nc(COc2ccc(F)cc2)no1. The third kappa shape index (κ3) is 3.51. The summed E-state index contributed by atoms with van der Waals surface area (Å²) in [7, 11) is 0. The van der Waals surface area contributed by atoms with Crippen molar-refractivity contribution in [3.63, 3.8) is 0 Å². The van der Waals surface area contributed by atoms with Crippen molar-refractivity contribution in [3.8, 4) is 5.75 Å². The van der Waals surface area contributed by atoms with Crippen LogP contribution in [0.5, 0.6) is 5.75 Å². The van der Waals surface area contributed by atoms with E-state index in [0.29, 0.717) is 17.5 Å². The third-order valence-electron chi connectivity index (χ3n) is 2.67. The Hall–Kier alpha value is -1.95. The monoisotopic (exact) mass is 265 g/mol. The number of aromatic nitrogens is 2. The van der Waals surface area contributed by atoms with Crippen LogP contribution in [0.1, 0.15) is 31.6 Å². The molecule has 1 aromatic heterocycles. The molecule has 0 aliphatic carbocycles. The van der Waals surface area contributed by atoms with Crippen LogP contribution in [0.25, 0.3) is 0 Å². The number of hydrogen-bond acceptors (Lipinski definition) is 5. The quantitative estimate of drug-likeness (QED) is 0.898. The van der Waals surface area contributed by atoms with Gasteiger partial charge in [-0.15, -0.1) is 0 Å². The lowest BCUT2D eigenvalue weighted by Gasteiger charge is -2.09. The molecular weight excluding hydrogens is 249 g/mol. The largest absolute Gasteiger partial charge is 0.485 e. The minimum absolute atomic E-state index is 0.153. The average molecular weight is 265 g/mol. The van der Waals surface area contributed by atoms with Crippen molar-refractivity contribution < 1.29 is 13.7 Å². The molecule has 1 aromatic carbocycles. The van der Waals surface area contributed by atoms with E-state index in [4.69, 9.17) is 15.0 Å². The van der Waals surface area contributed by atoms with Gasteiger partial charge in [-0.3, -0.25) is 0 Å². The first kappa shape index (κ1) is 13.5. The van der Waals surface area contributed by atoms with E-state index in [-0.39, 0.29) is 24.4 Å². The zero-order valence-corrected chi connectivity index (χ0v) is 10.8. The van der Waals surface area contributed by atoms with Crippen molar-refractivity contribution in [3.05, 3.63) is 41.8 Å². The summed E-state index contributed by atoms with van der Waals surface area (Å²) in [5, 5.41) is 3.79. The van der Waals surface area contributed by atoms with Crippen LogP contribution in [0, 0.1) is 11.7 Å². The average Bonchev–Trinajstić information content (AvgIpc) is 2.86. The molecule has 2 aromatic rings. The van der Waals surface area contributed by atoms with E-state index in [1.165, 1.54) is 24.3 Å². The lowest BCUT2D eigenvalue weighted by atomic mass is 10.1. The highest BCUT2D eigenvalue weighted by Crippen LogP contribution is 2.17. The van der Waals surface area contributed by atoms with Gasteiger partial charge in [-0.1, -0.05) is 19.0 Å². The fourth-order valence-electron chi connectivity index (χ4n) is 1.43. The summed E-state index contributed by atoms with van der Waals surface area (Å²) in [5.41, 5.74) is 5.90. The van der Waals surface area contributed by atoms with Crippen molar-refractivity contribution in [1.29, 1.82) is 0 Å². The summed E-state index contributed by atoms with van der Waals surface area (Å²) in [6.45, 7) is 4.10. The molecule has 102 valence electrons. The van der Waals surface area contributed by atoms with Crippen LogP contribution in [0.2, 0.25) is 0 Å². The topological polar surface area (TPSA) is 74.2 Å². The van der Waals surface area contributed by atoms with E-state index in [0.717, 1.165) is 0 Å². The molecule has 19 heavy (non-hydrogen) atoms. The maximum absolute atomic E-state index is 12.7. The maximum atomic E-state index is 12.7. The van der Waals surface area contributed by atoms with Gasteiger partial charge in [-0.05, 0) is 30.2 Å². The van der Waals surface area contributed by atoms with Crippen molar-refractivity contribution in [2.75, 3.05) is 0 Å². The molecule has 1 atom stereocenters. The molecule has 0 spiro atoms. The summed E-state index contributed by atoms with van der Waals surface area (Å²) in [5.74, 6) is 1.26. The normalized spacial score (nSPS) is 12.7. The summed E-state index contributed by atoms with van der Waals surface area (Å²) >= 11 is 0. The van der Waals surface area contributed by atoms with Gasteiger partial charge >= 0.3 is 0 Å². The Bertz CT molecular complexity index is 525. The lowest BCUT2D eigenvalue weighted by molar-refractivity contribution is 0.281. The van der Waals surface area contributed by atoms with Gasteiger partial charge in [-0.25, -0.2) is 4.39 Å². The van der Waals surface area contributed by atoms with Gasteiger partial charge in [-0.2, -0.15) is 4.98 Å². The van der Waals surface area contributed by atoms with Gasteiger partial charge in [0.15, 0.2) is 6.61 Å². The lowest BCUT2D eigenvalue weighted by Crippen LogP contribution is -2.17. The Morgan fingerprint density at radius 3 is 2.63 bits per heavy atom. The van der Waals surface area contributed by atoms with Crippen molar-refractivity contribution in [1.82, 2.24) is 10.1 Å². The predicted molar refractivity (Wildman–Crippen MR) is 66.8 cm³/mol. The van der Waals surface area contributed by atoms with Gasteiger partial charge in [0.2, 0.25) is 11.7 Å². The summed E-state index contributed by atoms with van der Waals surface area (Å²) in [4.78, 5) is 4.16. The molecule has 0 fully saturated rings. The molecule has 2 N–H and O–H groups in total. The summed E-state index contributed by atoms with van der Waals surface area (Å²) < 4.78 is 23.2. The Morgan fingerprint density at radius 2 is 2.00 bits per heavy atom. The number of benzene rings is 1. The smallest absolute Gasteiger partial charge is 0.243 e. The molecule has 5 nitrogen and oxygen atoms in total. The first-order valence-corrected chi connectivity index (χ1v) is 6.02. The minimum atomic E-state index is -0.308. The van der Waals surface area contributed by atoms with Gasteiger partial charge in [0, 0.05) is 0 Å². The van der Waals surface area contributed by atoms with Gasteiger partial charge in [0.1, 0.15) is 11.6 Å². The van der Waals surface area contributed by atoms with Crippen LogP contribution >= 0.6 is 0 Å². The van der Waals surface area contributed by atoms with E-state index in [9.17, 15) is 4.39 Å². The molecule has 0 saturated heterocycles. The van der Waals surface area contributed by atoms with E-state index >= 15 is 0 Å². The second-order valence-electron chi connectivity index (χ2n) is 4.56. The second-order valence-corrected chi connectivity index (χ2v) is 4.56. The molecule has 0 aliphatic rings. The first-order valence-electron chi connectivity index (χ1n) is 6.02. The number of hydrogen-bond donors (Lipinski definition) is 1. The Labute approximate surface area is 110 Å². The van der Waals surface area contributed by atoms with Gasteiger partial charge in [0.25, 0.3) is 0 Å². The molecule has 1 heterocycles. The molecule has 1 unspecified atom stereocenters. The van der Waals surface area contributed by atoms with Crippen molar-refractivity contribution in [2.24, 2.45) is 11.7 Å². The van der Waals surface area contributed by atoms with Crippen LogP contribution < -0.4 is 10.5 Å². The fraction of sp³-hybridized carbons (Fsp3) is 0.385. The summed E-state index contributed by atoms with van der Waals surface area (Å²) in [6.07, 6.45) is 0. The van der Waals surface area contributed by atoms with Crippen molar-refractivity contribution >= 4 is 0 Å². The highest BCUT2D eigenvalue weighted by atomic mass is 19.1. The Morgan fingerprint density at radius 1 is 1.32 bits per heavy atom. The third-order valence-corrected chi connectivity index (χ3v) is 2.67. The molecule has 6 heteroatoms. The second kappa shape index (κ2) is 5.79. The van der Waals surface area contributed by atoms with Gasteiger partial charge < -0.3 is 15.0 Å². The maximum Gasteiger partial charge on any atom is 0.243 e.